The average Bonchev–Trinajstić information content (AvgIpc) is 2.33. The van der Waals surface area contributed by atoms with Crippen molar-refractivity contribution in [3.05, 3.63) is 41.5 Å². The zero-order chi connectivity index (χ0) is 12.1. The van der Waals surface area contributed by atoms with Crippen LogP contribution in [0, 0.1) is 5.92 Å². The fourth-order valence-corrected chi connectivity index (χ4v) is 2.45. The summed E-state index contributed by atoms with van der Waals surface area (Å²) in [4.78, 5) is 2.58. The van der Waals surface area contributed by atoms with Crippen molar-refractivity contribution in [3.8, 4) is 0 Å². The fourth-order valence-electron chi connectivity index (χ4n) is 2.45. The third kappa shape index (κ3) is 4.01. The van der Waals surface area contributed by atoms with Gasteiger partial charge in [-0.2, -0.15) is 0 Å². The fraction of sp³-hybridized carbons (Fsp3) is 0.500. The zero-order valence-corrected chi connectivity index (χ0v) is 11.0. The van der Waals surface area contributed by atoms with Crippen molar-refractivity contribution in [2.45, 2.75) is 26.7 Å². The molecule has 1 fully saturated rings. The van der Waals surface area contributed by atoms with E-state index >= 15 is 0 Å². The number of nitrogens with zero attached hydrogens (tertiary/aromatic N) is 1. The molecule has 1 aliphatic rings. The molecule has 1 saturated heterocycles. The Morgan fingerprint density at radius 2 is 1.88 bits per heavy atom. The molecular weight excluding hydrogens is 206 g/mol. The number of likely N-dealkylation sites (tertiary alicyclic amines) is 1. The highest BCUT2D eigenvalue weighted by Gasteiger charge is 2.15. The van der Waals surface area contributed by atoms with Crippen LogP contribution < -0.4 is 0 Å². The first-order valence-corrected chi connectivity index (χ1v) is 6.68. The second kappa shape index (κ2) is 6.02. The van der Waals surface area contributed by atoms with Gasteiger partial charge in [-0.05, 0) is 44.3 Å². The first-order valence-electron chi connectivity index (χ1n) is 6.68. The van der Waals surface area contributed by atoms with Crippen LogP contribution in [-0.4, -0.2) is 24.5 Å². The minimum Gasteiger partial charge on any atom is -0.299 e. The largest absolute Gasteiger partial charge is 0.299 e. The molecule has 1 heteroatoms. The van der Waals surface area contributed by atoms with Crippen LogP contribution in [0.15, 0.2) is 35.9 Å². The number of hydrogen-bond acceptors (Lipinski definition) is 1. The lowest BCUT2D eigenvalue weighted by atomic mass is 9.99. The van der Waals surface area contributed by atoms with Gasteiger partial charge in [0.05, 0.1) is 0 Å². The van der Waals surface area contributed by atoms with Gasteiger partial charge in [0, 0.05) is 6.54 Å². The van der Waals surface area contributed by atoms with Crippen LogP contribution >= 0.6 is 0 Å². The molecule has 0 N–H and O–H groups in total. The molecule has 0 atom stereocenters. The van der Waals surface area contributed by atoms with Gasteiger partial charge < -0.3 is 0 Å². The van der Waals surface area contributed by atoms with Crippen molar-refractivity contribution < 1.29 is 0 Å². The molecule has 1 heterocycles. The Labute approximate surface area is 105 Å². The minimum atomic E-state index is 0.921. The average molecular weight is 229 g/mol. The smallest absolute Gasteiger partial charge is 0.0193 e. The first-order chi connectivity index (χ1) is 8.24. The Bertz CT molecular complexity index is 358. The number of hydrogen-bond donors (Lipinski definition) is 0. The molecule has 0 aliphatic carbocycles. The van der Waals surface area contributed by atoms with Gasteiger partial charge in [0.25, 0.3) is 0 Å². The standard InChI is InChI=1S/C16H23N/c1-14-8-10-17(11-9-14)13-15(2)12-16-6-4-3-5-7-16/h3-7,12,14H,8-11,13H2,1-2H3/b15-12+. The van der Waals surface area contributed by atoms with Crippen LogP contribution in [0.5, 0.6) is 0 Å². The second-order valence-corrected chi connectivity index (χ2v) is 5.36. The molecular formula is C16H23N. The lowest BCUT2D eigenvalue weighted by Gasteiger charge is -2.30. The van der Waals surface area contributed by atoms with E-state index in [1.807, 2.05) is 0 Å². The predicted octanol–water partition coefficient (Wildman–Crippen LogP) is 3.82. The van der Waals surface area contributed by atoms with Gasteiger partial charge in [-0.25, -0.2) is 0 Å². The summed E-state index contributed by atoms with van der Waals surface area (Å²) in [5.74, 6) is 0.921. The highest BCUT2D eigenvalue weighted by molar-refractivity contribution is 5.52. The van der Waals surface area contributed by atoms with Crippen LogP contribution in [0.2, 0.25) is 0 Å². The van der Waals surface area contributed by atoms with Crippen molar-refractivity contribution in [2.75, 3.05) is 19.6 Å². The van der Waals surface area contributed by atoms with Gasteiger partial charge in [0.1, 0.15) is 0 Å². The van der Waals surface area contributed by atoms with Gasteiger partial charge in [0.15, 0.2) is 0 Å². The summed E-state index contributed by atoms with van der Waals surface area (Å²) in [6.07, 6.45) is 5.02. The summed E-state index contributed by atoms with van der Waals surface area (Å²) in [6, 6.07) is 10.6. The van der Waals surface area contributed by atoms with E-state index in [-0.39, 0.29) is 0 Å². The third-order valence-electron chi connectivity index (χ3n) is 3.56. The molecule has 0 unspecified atom stereocenters. The number of piperidine rings is 1. The summed E-state index contributed by atoms with van der Waals surface area (Å²) in [7, 11) is 0. The van der Waals surface area contributed by atoms with E-state index in [0.717, 1.165) is 12.5 Å². The van der Waals surface area contributed by atoms with E-state index < -0.39 is 0 Å². The Hall–Kier alpha value is -1.08. The van der Waals surface area contributed by atoms with E-state index in [0.29, 0.717) is 0 Å². The molecule has 0 aromatic heterocycles. The summed E-state index contributed by atoms with van der Waals surface area (Å²) in [6.45, 7) is 8.26. The van der Waals surface area contributed by atoms with Crippen LogP contribution in [0.4, 0.5) is 0 Å². The quantitative estimate of drug-likeness (QED) is 0.761. The van der Waals surface area contributed by atoms with E-state index in [2.05, 4.69) is 55.2 Å². The lowest BCUT2D eigenvalue weighted by molar-refractivity contribution is 0.207. The van der Waals surface area contributed by atoms with Gasteiger partial charge in [0.2, 0.25) is 0 Å². The molecule has 0 bridgehead atoms. The summed E-state index contributed by atoms with van der Waals surface area (Å²) < 4.78 is 0. The topological polar surface area (TPSA) is 3.24 Å². The van der Waals surface area contributed by atoms with Crippen molar-refractivity contribution in [1.82, 2.24) is 4.90 Å². The summed E-state index contributed by atoms with van der Waals surface area (Å²) >= 11 is 0. The van der Waals surface area contributed by atoms with Gasteiger partial charge in [-0.15, -0.1) is 0 Å². The van der Waals surface area contributed by atoms with Crippen molar-refractivity contribution in [2.24, 2.45) is 5.92 Å². The Morgan fingerprint density at radius 1 is 1.24 bits per heavy atom. The van der Waals surface area contributed by atoms with Crippen LogP contribution in [0.25, 0.3) is 6.08 Å². The van der Waals surface area contributed by atoms with E-state index in [9.17, 15) is 0 Å². The number of benzene rings is 1. The molecule has 1 nitrogen and oxygen atoms in total. The molecule has 92 valence electrons. The molecule has 1 aromatic rings. The molecule has 1 aromatic carbocycles. The second-order valence-electron chi connectivity index (χ2n) is 5.36. The zero-order valence-electron chi connectivity index (χ0n) is 11.0. The van der Waals surface area contributed by atoms with Crippen LogP contribution in [0.3, 0.4) is 0 Å². The highest BCUT2D eigenvalue weighted by atomic mass is 15.1. The SMILES string of the molecule is C/C(=C\c1ccccc1)CN1CCC(C)CC1. The Morgan fingerprint density at radius 3 is 2.53 bits per heavy atom. The third-order valence-corrected chi connectivity index (χ3v) is 3.56. The molecule has 2 rings (SSSR count). The van der Waals surface area contributed by atoms with E-state index in [1.165, 1.54) is 37.1 Å². The first kappa shape index (κ1) is 12.4. The Balaban J connectivity index is 1.88. The molecule has 0 saturated carbocycles. The molecule has 17 heavy (non-hydrogen) atoms. The summed E-state index contributed by atoms with van der Waals surface area (Å²) in [5, 5.41) is 0. The molecule has 0 amide bonds. The number of rotatable bonds is 3. The minimum absolute atomic E-state index is 0.921. The monoisotopic (exact) mass is 229 g/mol. The normalized spacial score (nSPS) is 19.5. The Kier molecular flexibility index (Phi) is 4.38. The van der Waals surface area contributed by atoms with Crippen molar-refractivity contribution in [3.63, 3.8) is 0 Å². The lowest BCUT2D eigenvalue weighted by Crippen LogP contribution is -2.33. The van der Waals surface area contributed by atoms with Crippen molar-refractivity contribution in [1.29, 1.82) is 0 Å². The van der Waals surface area contributed by atoms with Crippen LogP contribution in [-0.2, 0) is 0 Å². The van der Waals surface area contributed by atoms with E-state index in [4.69, 9.17) is 0 Å². The van der Waals surface area contributed by atoms with Gasteiger partial charge in [-0.3, -0.25) is 4.90 Å². The van der Waals surface area contributed by atoms with E-state index in [1.54, 1.807) is 0 Å². The molecule has 0 radical (unpaired) electrons. The summed E-state index contributed by atoms with van der Waals surface area (Å²) in [5.41, 5.74) is 2.78. The molecule has 1 aliphatic heterocycles. The maximum absolute atomic E-state index is 2.58. The highest BCUT2D eigenvalue weighted by Crippen LogP contribution is 2.17. The maximum atomic E-state index is 2.58. The molecule has 0 spiro atoms. The van der Waals surface area contributed by atoms with Gasteiger partial charge >= 0.3 is 0 Å². The van der Waals surface area contributed by atoms with Gasteiger partial charge in [-0.1, -0.05) is 48.9 Å². The van der Waals surface area contributed by atoms with Crippen LogP contribution in [0.1, 0.15) is 32.3 Å². The predicted molar refractivity (Wildman–Crippen MR) is 74.9 cm³/mol. The van der Waals surface area contributed by atoms with Crippen molar-refractivity contribution >= 4 is 6.08 Å². The maximum Gasteiger partial charge on any atom is 0.0193 e.